The molecule has 2 rings (SSSR count). The first kappa shape index (κ1) is 15.3. The van der Waals surface area contributed by atoms with Crippen molar-refractivity contribution in [3.05, 3.63) is 35.9 Å². The van der Waals surface area contributed by atoms with Gasteiger partial charge in [-0.05, 0) is 18.4 Å². The van der Waals surface area contributed by atoms with Gasteiger partial charge < -0.3 is 14.2 Å². The van der Waals surface area contributed by atoms with Crippen LogP contribution in [0.3, 0.4) is 0 Å². The number of carbonyl (C=O) groups is 2. The Morgan fingerprint density at radius 2 is 2.10 bits per heavy atom. The molecule has 0 radical (unpaired) electrons. The molecular formula is C15H19NO5. The Bertz CT molecular complexity index is 476. The summed E-state index contributed by atoms with van der Waals surface area (Å²) in [5, 5.41) is 2.58. The lowest BCUT2D eigenvalue weighted by molar-refractivity contribution is -0.163. The van der Waals surface area contributed by atoms with Gasteiger partial charge in [-0.2, -0.15) is 0 Å². The summed E-state index contributed by atoms with van der Waals surface area (Å²) < 4.78 is 15.7. The SMILES string of the molecule is CC(=O)OC1CCCOC1NC(=O)OCc1ccccc1. The fraction of sp³-hybridized carbons (Fsp3) is 0.467. The van der Waals surface area contributed by atoms with E-state index in [-0.39, 0.29) is 6.61 Å². The molecule has 6 heteroatoms. The second-order valence-corrected chi connectivity index (χ2v) is 4.79. The Morgan fingerprint density at radius 3 is 2.81 bits per heavy atom. The van der Waals surface area contributed by atoms with Crippen molar-refractivity contribution in [2.75, 3.05) is 6.61 Å². The van der Waals surface area contributed by atoms with Crippen LogP contribution >= 0.6 is 0 Å². The van der Waals surface area contributed by atoms with Crippen molar-refractivity contribution in [1.82, 2.24) is 5.32 Å². The lowest BCUT2D eigenvalue weighted by Crippen LogP contribution is -2.49. The summed E-state index contributed by atoms with van der Waals surface area (Å²) >= 11 is 0. The Labute approximate surface area is 123 Å². The van der Waals surface area contributed by atoms with Crippen molar-refractivity contribution in [2.45, 2.75) is 38.7 Å². The van der Waals surface area contributed by atoms with Crippen LogP contribution in [0.5, 0.6) is 0 Å². The number of benzene rings is 1. The highest BCUT2D eigenvalue weighted by molar-refractivity contribution is 5.68. The van der Waals surface area contributed by atoms with Crippen LogP contribution in [0.25, 0.3) is 0 Å². The summed E-state index contributed by atoms with van der Waals surface area (Å²) in [6.07, 6.45) is -0.285. The average molecular weight is 293 g/mol. The number of nitrogens with one attached hydrogen (secondary N) is 1. The second-order valence-electron chi connectivity index (χ2n) is 4.79. The molecular weight excluding hydrogens is 274 g/mol. The van der Waals surface area contributed by atoms with Gasteiger partial charge in [-0.1, -0.05) is 30.3 Å². The highest BCUT2D eigenvalue weighted by atomic mass is 16.6. The normalized spacial score (nSPS) is 21.4. The maximum Gasteiger partial charge on any atom is 0.409 e. The first-order valence-electron chi connectivity index (χ1n) is 6.91. The number of rotatable bonds is 4. The number of hydrogen-bond donors (Lipinski definition) is 1. The molecule has 0 bridgehead atoms. The molecule has 1 aliphatic heterocycles. The van der Waals surface area contributed by atoms with E-state index < -0.39 is 24.4 Å². The van der Waals surface area contributed by atoms with Gasteiger partial charge in [-0.3, -0.25) is 10.1 Å². The monoisotopic (exact) mass is 293 g/mol. The first-order valence-corrected chi connectivity index (χ1v) is 6.91. The van der Waals surface area contributed by atoms with Crippen LogP contribution in [-0.2, 0) is 25.6 Å². The van der Waals surface area contributed by atoms with Gasteiger partial charge in [0, 0.05) is 13.5 Å². The van der Waals surface area contributed by atoms with E-state index in [2.05, 4.69) is 5.32 Å². The number of amides is 1. The summed E-state index contributed by atoms with van der Waals surface area (Å²) in [6.45, 7) is 2.03. The Balaban J connectivity index is 1.81. The van der Waals surface area contributed by atoms with Crippen LogP contribution in [0, 0.1) is 0 Å². The topological polar surface area (TPSA) is 73.9 Å². The molecule has 6 nitrogen and oxygen atoms in total. The number of hydrogen-bond acceptors (Lipinski definition) is 5. The van der Waals surface area contributed by atoms with Gasteiger partial charge in [0.15, 0.2) is 6.23 Å². The molecule has 1 fully saturated rings. The Kier molecular flexibility index (Phi) is 5.57. The third-order valence-corrected chi connectivity index (χ3v) is 3.06. The quantitative estimate of drug-likeness (QED) is 0.859. The molecule has 114 valence electrons. The molecule has 0 saturated carbocycles. The molecule has 1 aromatic rings. The number of carbonyl (C=O) groups excluding carboxylic acids is 2. The largest absolute Gasteiger partial charge is 0.458 e. The van der Waals surface area contributed by atoms with Crippen molar-refractivity contribution < 1.29 is 23.8 Å². The molecule has 2 unspecified atom stereocenters. The van der Waals surface area contributed by atoms with Crippen LogP contribution < -0.4 is 5.32 Å². The molecule has 0 aliphatic carbocycles. The third kappa shape index (κ3) is 5.07. The van der Waals surface area contributed by atoms with E-state index >= 15 is 0 Å². The summed E-state index contributed by atoms with van der Waals surface area (Å²) in [5.41, 5.74) is 0.897. The third-order valence-electron chi connectivity index (χ3n) is 3.06. The average Bonchev–Trinajstić information content (AvgIpc) is 2.48. The second kappa shape index (κ2) is 7.64. The van der Waals surface area contributed by atoms with Crippen LogP contribution in [0.4, 0.5) is 4.79 Å². The lowest BCUT2D eigenvalue weighted by atomic mass is 10.1. The highest BCUT2D eigenvalue weighted by Crippen LogP contribution is 2.16. The maximum absolute atomic E-state index is 11.8. The molecule has 1 N–H and O–H groups in total. The van der Waals surface area contributed by atoms with Gasteiger partial charge in [0.1, 0.15) is 12.7 Å². The Morgan fingerprint density at radius 1 is 1.33 bits per heavy atom. The van der Waals surface area contributed by atoms with Crippen molar-refractivity contribution in [3.63, 3.8) is 0 Å². The Hall–Kier alpha value is -2.08. The fourth-order valence-electron chi connectivity index (χ4n) is 2.10. The fourth-order valence-corrected chi connectivity index (χ4v) is 2.10. The van der Waals surface area contributed by atoms with Crippen LogP contribution in [0.15, 0.2) is 30.3 Å². The van der Waals surface area contributed by atoms with E-state index in [1.54, 1.807) is 0 Å². The predicted molar refractivity (Wildman–Crippen MR) is 74.3 cm³/mol. The number of esters is 1. The van der Waals surface area contributed by atoms with Gasteiger partial charge in [-0.15, -0.1) is 0 Å². The van der Waals surface area contributed by atoms with E-state index in [0.29, 0.717) is 13.0 Å². The van der Waals surface area contributed by atoms with Crippen molar-refractivity contribution in [3.8, 4) is 0 Å². The molecule has 2 atom stereocenters. The number of ether oxygens (including phenoxy) is 3. The van der Waals surface area contributed by atoms with Gasteiger partial charge >= 0.3 is 12.1 Å². The molecule has 1 saturated heterocycles. The zero-order valence-electron chi connectivity index (χ0n) is 11.9. The molecule has 1 amide bonds. The minimum atomic E-state index is -0.661. The van der Waals surface area contributed by atoms with Crippen molar-refractivity contribution in [1.29, 1.82) is 0 Å². The number of alkyl carbamates (subject to hydrolysis) is 1. The molecule has 1 aliphatic rings. The zero-order chi connectivity index (χ0) is 15.1. The van der Waals surface area contributed by atoms with Crippen LogP contribution in [0.2, 0.25) is 0 Å². The smallest absolute Gasteiger partial charge is 0.409 e. The van der Waals surface area contributed by atoms with E-state index in [4.69, 9.17) is 14.2 Å². The van der Waals surface area contributed by atoms with Crippen molar-refractivity contribution >= 4 is 12.1 Å². The minimum Gasteiger partial charge on any atom is -0.458 e. The van der Waals surface area contributed by atoms with Gasteiger partial charge in [0.05, 0.1) is 0 Å². The van der Waals surface area contributed by atoms with Crippen LogP contribution in [0.1, 0.15) is 25.3 Å². The van der Waals surface area contributed by atoms with E-state index in [1.807, 2.05) is 30.3 Å². The predicted octanol–water partition coefficient (Wildman–Crippen LogP) is 1.98. The molecule has 21 heavy (non-hydrogen) atoms. The van der Waals surface area contributed by atoms with Gasteiger partial charge in [-0.25, -0.2) is 4.79 Å². The van der Waals surface area contributed by atoms with Crippen LogP contribution in [-0.4, -0.2) is 31.0 Å². The zero-order valence-corrected chi connectivity index (χ0v) is 11.9. The van der Waals surface area contributed by atoms with Gasteiger partial charge in [0.2, 0.25) is 0 Å². The molecule has 1 heterocycles. The van der Waals surface area contributed by atoms with E-state index in [0.717, 1.165) is 12.0 Å². The van der Waals surface area contributed by atoms with Gasteiger partial charge in [0.25, 0.3) is 0 Å². The minimum absolute atomic E-state index is 0.178. The molecule has 1 aromatic carbocycles. The first-order chi connectivity index (χ1) is 10.1. The standard InChI is InChI=1S/C15H19NO5/c1-11(17)21-13-8-5-9-19-14(13)16-15(18)20-10-12-6-3-2-4-7-12/h2-4,6-7,13-14H,5,8-10H2,1H3,(H,16,18). The summed E-state index contributed by atoms with van der Waals surface area (Å²) in [7, 11) is 0. The van der Waals surface area contributed by atoms with Crippen molar-refractivity contribution in [2.24, 2.45) is 0 Å². The summed E-state index contributed by atoms with van der Waals surface area (Å²) in [4.78, 5) is 22.8. The molecule has 0 aromatic heterocycles. The lowest BCUT2D eigenvalue weighted by Gasteiger charge is -2.31. The molecule has 0 spiro atoms. The highest BCUT2D eigenvalue weighted by Gasteiger charge is 2.30. The van der Waals surface area contributed by atoms with E-state index in [9.17, 15) is 9.59 Å². The van der Waals surface area contributed by atoms with E-state index in [1.165, 1.54) is 6.92 Å². The summed E-state index contributed by atoms with van der Waals surface area (Å²) in [6, 6.07) is 9.37. The summed E-state index contributed by atoms with van der Waals surface area (Å²) in [5.74, 6) is -0.394. The maximum atomic E-state index is 11.8.